The van der Waals surface area contributed by atoms with E-state index in [-0.39, 0.29) is 10.8 Å². The highest BCUT2D eigenvalue weighted by molar-refractivity contribution is 7.90. The standard InChI is InChI=1S/C15H13ClN2O2S/c1-11-6-8-12(9-7-11)21(19,20)18-15-5-3-2-4-13(15)14(10-16)17-18/h2-9H,10H2,1H3. The van der Waals surface area contributed by atoms with Gasteiger partial charge in [0.25, 0.3) is 10.0 Å². The molecule has 0 aliphatic heterocycles. The van der Waals surface area contributed by atoms with Gasteiger partial charge in [0.15, 0.2) is 0 Å². The highest BCUT2D eigenvalue weighted by atomic mass is 35.5. The van der Waals surface area contributed by atoms with Gasteiger partial charge in [0.05, 0.1) is 22.0 Å². The van der Waals surface area contributed by atoms with Crippen molar-refractivity contribution in [2.24, 2.45) is 0 Å². The van der Waals surface area contributed by atoms with Crippen LogP contribution in [0.25, 0.3) is 10.9 Å². The van der Waals surface area contributed by atoms with Gasteiger partial charge in [-0.2, -0.15) is 17.6 Å². The van der Waals surface area contributed by atoms with E-state index in [0.717, 1.165) is 15.0 Å². The van der Waals surface area contributed by atoms with Crippen LogP contribution in [0.3, 0.4) is 0 Å². The zero-order chi connectivity index (χ0) is 15.0. The Labute approximate surface area is 128 Å². The van der Waals surface area contributed by atoms with Crippen LogP contribution in [-0.2, 0) is 15.9 Å². The first-order valence-corrected chi connectivity index (χ1v) is 8.36. The number of halogens is 1. The maximum atomic E-state index is 12.7. The van der Waals surface area contributed by atoms with Crippen LogP contribution in [0.5, 0.6) is 0 Å². The molecular formula is C15H13ClN2O2S. The molecule has 0 spiro atoms. The molecule has 0 amide bonds. The number of hydrogen-bond acceptors (Lipinski definition) is 3. The van der Waals surface area contributed by atoms with Crippen LogP contribution in [0.2, 0.25) is 0 Å². The minimum absolute atomic E-state index is 0.164. The summed E-state index contributed by atoms with van der Waals surface area (Å²) in [5.74, 6) is 0.164. The molecule has 6 heteroatoms. The first kappa shape index (κ1) is 14.1. The van der Waals surface area contributed by atoms with Crippen LogP contribution in [0, 0.1) is 6.92 Å². The van der Waals surface area contributed by atoms with E-state index in [0.29, 0.717) is 11.2 Å². The lowest BCUT2D eigenvalue weighted by atomic mass is 10.2. The highest BCUT2D eigenvalue weighted by Gasteiger charge is 2.22. The molecule has 2 aromatic carbocycles. The van der Waals surface area contributed by atoms with Crippen molar-refractivity contribution < 1.29 is 8.42 Å². The van der Waals surface area contributed by atoms with Crippen LogP contribution >= 0.6 is 11.6 Å². The summed E-state index contributed by atoms with van der Waals surface area (Å²) in [5, 5.41) is 4.93. The summed E-state index contributed by atoms with van der Waals surface area (Å²) in [7, 11) is -3.72. The molecule has 0 bridgehead atoms. The average Bonchev–Trinajstić information content (AvgIpc) is 2.87. The third-order valence-corrected chi connectivity index (χ3v) is 5.16. The molecule has 1 aromatic heterocycles. The second-order valence-corrected chi connectivity index (χ2v) is 6.79. The monoisotopic (exact) mass is 320 g/mol. The molecule has 3 aromatic rings. The molecule has 21 heavy (non-hydrogen) atoms. The summed E-state index contributed by atoms with van der Waals surface area (Å²) < 4.78 is 26.6. The molecule has 0 atom stereocenters. The lowest BCUT2D eigenvalue weighted by molar-refractivity contribution is 0.581. The molecule has 0 N–H and O–H groups in total. The molecule has 4 nitrogen and oxygen atoms in total. The zero-order valence-electron chi connectivity index (χ0n) is 11.3. The van der Waals surface area contributed by atoms with Crippen LogP contribution in [0.4, 0.5) is 0 Å². The Balaban J connectivity index is 2.26. The molecule has 0 radical (unpaired) electrons. The van der Waals surface area contributed by atoms with Crippen LogP contribution in [0.15, 0.2) is 53.4 Å². The Kier molecular flexibility index (Phi) is 3.47. The first-order chi connectivity index (χ1) is 10.0. The van der Waals surface area contributed by atoms with Gasteiger partial charge < -0.3 is 0 Å². The van der Waals surface area contributed by atoms with Crippen molar-refractivity contribution in [3.05, 3.63) is 59.8 Å². The Bertz CT molecular complexity index is 899. The molecule has 0 saturated carbocycles. The molecule has 0 fully saturated rings. The van der Waals surface area contributed by atoms with E-state index < -0.39 is 10.0 Å². The van der Waals surface area contributed by atoms with Crippen molar-refractivity contribution in [2.45, 2.75) is 17.7 Å². The molecule has 0 aliphatic rings. The maximum Gasteiger partial charge on any atom is 0.283 e. The Morgan fingerprint density at radius 2 is 1.76 bits per heavy atom. The number of aromatic nitrogens is 2. The van der Waals surface area contributed by atoms with Gasteiger partial charge in [0, 0.05) is 5.39 Å². The van der Waals surface area contributed by atoms with Gasteiger partial charge in [0.1, 0.15) is 0 Å². The summed E-state index contributed by atoms with van der Waals surface area (Å²) in [6.45, 7) is 1.91. The number of aryl methyl sites for hydroxylation is 1. The predicted octanol–water partition coefficient (Wildman–Crippen LogP) is 3.32. The van der Waals surface area contributed by atoms with Gasteiger partial charge >= 0.3 is 0 Å². The van der Waals surface area contributed by atoms with E-state index in [2.05, 4.69) is 5.10 Å². The topological polar surface area (TPSA) is 52.0 Å². The fraction of sp³-hybridized carbons (Fsp3) is 0.133. The number of benzene rings is 2. The summed E-state index contributed by atoms with van der Waals surface area (Å²) in [4.78, 5) is 0.211. The van der Waals surface area contributed by atoms with Gasteiger partial charge in [0.2, 0.25) is 0 Å². The lowest BCUT2D eigenvalue weighted by Gasteiger charge is -2.06. The quantitative estimate of drug-likeness (QED) is 0.696. The zero-order valence-corrected chi connectivity index (χ0v) is 12.9. The van der Waals surface area contributed by atoms with Crippen LogP contribution in [-0.4, -0.2) is 17.6 Å². The van der Waals surface area contributed by atoms with E-state index in [1.807, 2.05) is 19.1 Å². The number of rotatable bonds is 3. The minimum atomic E-state index is -3.72. The van der Waals surface area contributed by atoms with E-state index in [9.17, 15) is 8.42 Å². The van der Waals surface area contributed by atoms with E-state index >= 15 is 0 Å². The molecule has 1 heterocycles. The second-order valence-electron chi connectivity index (χ2n) is 4.76. The summed E-state index contributed by atoms with van der Waals surface area (Å²) >= 11 is 5.87. The predicted molar refractivity (Wildman–Crippen MR) is 83.1 cm³/mol. The average molecular weight is 321 g/mol. The number of alkyl halides is 1. The molecule has 108 valence electrons. The summed E-state index contributed by atoms with van der Waals surface area (Å²) in [6.07, 6.45) is 0. The van der Waals surface area contributed by atoms with Gasteiger partial charge in [-0.25, -0.2) is 0 Å². The van der Waals surface area contributed by atoms with Gasteiger partial charge in [-0.1, -0.05) is 35.9 Å². The molecule has 0 unspecified atom stereocenters. The van der Waals surface area contributed by atoms with Crippen LogP contribution in [0.1, 0.15) is 11.3 Å². The fourth-order valence-corrected chi connectivity index (χ4v) is 3.70. The summed E-state index contributed by atoms with van der Waals surface area (Å²) in [6, 6.07) is 13.9. The number of para-hydroxylation sites is 1. The number of fused-ring (bicyclic) bond motifs is 1. The first-order valence-electron chi connectivity index (χ1n) is 6.39. The van der Waals surface area contributed by atoms with Crippen molar-refractivity contribution >= 4 is 32.5 Å². The maximum absolute atomic E-state index is 12.7. The van der Waals surface area contributed by atoms with E-state index in [1.165, 1.54) is 0 Å². The number of nitrogens with zero attached hydrogens (tertiary/aromatic N) is 2. The third kappa shape index (κ3) is 2.32. The van der Waals surface area contributed by atoms with Crippen molar-refractivity contribution in [1.82, 2.24) is 9.19 Å². The van der Waals surface area contributed by atoms with Crippen LogP contribution < -0.4 is 0 Å². The third-order valence-electron chi connectivity index (χ3n) is 3.31. The number of hydrogen-bond donors (Lipinski definition) is 0. The Morgan fingerprint density at radius 1 is 1.10 bits per heavy atom. The van der Waals surface area contributed by atoms with E-state index in [4.69, 9.17) is 11.6 Å². The van der Waals surface area contributed by atoms with Gasteiger partial charge in [-0.15, -0.1) is 11.6 Å². The van der Waals surface area contributed by atoms with Crippen molar-refractivity contribution in [2.75, 3.05) is 0 Å². The smallest absolute Gasteiger partial charge is 0.199 e. The van der Waals surface area contributed by atoms with Crippen molar-refractivity contribution in [1.29, 1.82) is 0 Å². The fourth-order valence-electron chi connectivity index (χ4n) is 2.19. The molecule has 3 rings (SSSR count). The molecular weight excluding hydrogens is 308 g/mol. The van der Waals surface area contributed by atoms with Crippen molar-refractivity contribution in [3.8, 4) is 0 Å². The summed E-state index contributed by atoms with van der Waals surface area (Å²) in [5.41, 5.74) is 2.09. The Hall–Kier alpha value is -1.85. The van der Waals surface area contributed by atoms with Gasteiger partial charge in [-0.3, -0.25) is 0 Å². The molecule has 0 saturated heterocycles. The SMILES string of the molecule is Cc1ccc(S(=O)(=O)n2nc(CCl)c3ccccc32)cc1. The minimum Gasteiger partial charge on any atom is -0.199 e. The van der Waals surface area contributed by atoms with E-state index in [1.54, 1.807) is 36.4 Å². The largest absolute Gasteiger partial charge is 0.283 e. The second kappa shape index (κ2) is 5.16. The normalized spacial score (nSPS) is 11.9. The molecule has 0 aliphatic carbocycles. The highest BCUT2D eigenvalue weighted by Crippen LogP contribution is 2.24. The van der Waals surface area contributed by atoms with Crippen molar-refractivity contribution in [3.63, 3.8) is 0 Å². The lowest BCUT2D eigenvalue weighted by Crippen LogP contribution is -2.14. The van der Waals surface area contributed by atoms with Gasteiger partial charge in [-0.05, 0) is 25.1 Å². The Morgan fingerprint density at radius 3 is 2.43 bits per heavy atom.